The summed E-state index contributed by atoms with van der Waals surface area (Å²) in [5, 5.41) is 10.3. The van der Waals surface area contributed by atoms with Crippen LogP contribution in [0.5, 0.6) is 0 Å². The van der Waals surface area contributed by atoms with E-state index in [2.05, 4.69) is 0 Å². The van der Waals surface area contributed by atoms with E-state index in [1.807, 2.05) is 60.7 Å². The molecule has 1 atom stereocenters. The number of rotatable bonds is 11. The van der Waals surface area contributed by atoms with E-state index in [0.29, 0.717) is 19.6 Å². The van der Waals surface area contributed by atoms with Crippen LogP contribution in [0.4, 0.5) is 0 Å². The Hall–Kier alpha value is -2.51. The largest absolute Gasteiger partial charge is 0.395 e. The van der Waals surface area contributed by atoms with Gasteiger partial charge in [0, 0.05) is 12.0 Å². The van der Waals surface area contributed by atoms with Crippen molar-refractivity contribution in [2.75, 3.05) is 19.8 Å². The van der Waals surface area contributed by atoms with Crippen molar-refractivity contribution in [3.05, 3.63) is 102 Å². The molecule has 5 nitrogen and oxygen atoms in total. The van der Waals surface area contributed by atoms with Gasteiger partial charge in [-0.05, 0) is 29.7 Å². The van der Waals surface area contributed by atoms with E-state index in [4.69, 9.17) is 8.92 Å². The molecule has 6 heteroatoms. The Balaban J connectivity index is 1.72. The van der Waals surface area contributed by atoms with Crippen LogP contribution in [0.15, 0.2) is 95.9 Å². The minimum Gasteiger partial charge on any atom is -0.395 e. The summed E-state index contributed by atoms with van der Waals surface area (Å²) >= 11 is 0. The molecule has 0 saturated heterocycles. The summed E-state index contributed by atoms with van der Waals surface area (Å²) in [5.41, 5.74) is 0.952. The SMILES string of the molecule is O=S(=O)(OC[C@](CO)(CCOCc1ccccc1)c1ccccc1)c1ccccc1. The minimum atomic E-state index is -3.94. The Kier molecular flexibility index (Phi) is 7.76. The lowest BCUT2D eigenvalue weighted by Crippen LogP contribution is -2.38. The van der Waals surface area contributed by atoms with Crippen LogP contribution in [0.25, 0.3) is 0 Å². The van der Waals surface area contributed by atoms with E-state index < -0.39 is 15.5 Å². The van der Waals surface area contributed by atoms with Crippen LogP contribution in [0, 0.1) is 0 Å². The molecule has 0 aliphatic carbocycles. The lowest BCUT2D eigenvalue weighted by molar-refractivity contribution is 0.0634. The lowest BCUT2D eigenvalue weighted by atomic mass is 9.79. The zero-order valence-electron chi connectivity index (χ0n) is 16.7. The second kappa shape index (κ2) is 10.5. The van der Waals surface area contributed by atoms with E-state index >= 15 is 0 Å². The standard InChI is InChI=1S/C24H26O5S/c25-19-24(22-12-6-2-7-13-22,16-17-28-18-21-10-4-1-5-11-21)20-29-30(26,27)23-14-8-3-9-15-23/h1-15,25H,16-20H2/t24-/m1/s1. The van der Waals surface area contributed by atoms with Gasteiger partial charge in [0.1, 0.15) is 0 Å². The highest BCUT2D eigenvalue weighted by Gasteiger charge is 2.34. The molecule has 0 aromatic heterocycles. The van der Waals surface area contributed by atoms with Gasteiger partial charge in [0.2, 0.25) is 0 Å². The third-order valence-electron chi connectivity index (χ3n) is 5.05. The maximum atomic E-state index is 12.6. The van der Waals surface area contributed by atoms with E-state index in [9.17, 15) is 13.5 Å². The fraction of sp³-hybridized carbons (Fsp3) is 0.250. The molecule has 0 unspecified atom stereocenters. The quantitative estimate of drug-likeness (QED) is 0.372. The van der Waals surface area contributed by atoms with Crippen molar-refractivity contribution in [1.29, 1.82) is 0 Å². The van der Waals surface area contributed by atoms with E-state index in [-0.39, 0.29) is 18.1 Å². The van der Waals surface area contributed by atoms with Crippen molar-refractivity contribution in [3.8, 4) is 0 Å². The fourth-order valence-corrected chi connectivity index (χ4v) is 4.19. The van der Waals surface area contributed by atoms with Crippen molar-refractivity contribution in [2.24, 2.45) is 0 Å². The Bertz CT molecular complexity index is 992. The minimum absolute atomic E-state index is 0.0882. The predicted octanol–water partition coefficient (Wildman–Crippen LogP) is 3.93. The fourth-order valence-electron chi connectivity index (χ4n) is 3.18. The van der Waals surface area contributed by atoms with Gasteiger partial charge in [0.15, 0.2) is 0 Å². The summed E-state index contributed by atoms with van der Waals surface area (Å²) in [4.78, 5) is 0.0882. The van der Waals surface area contributed by atoms with Gasteiger partial charge in [-0.1, -0.05) is 78.9 Å². The van der Waals surface area contributed by atoms with Gasteiger partial charge in [0.25, 0.3) is 10.1 Å². The van der Waals surface area contributed by atoms with Gasteiger partial charge in [-0.3, -0.25) is 4.18 Å². The van der Waals surface area contributed by atoms with Crippen LogP contribution >= 0.6 is 0 Å². The van der Waals surface area contributed by atoms with Crippen molar-refractivity contribution in [2.45, 2.75) is 23.3 Å². The second-order valence-electron chi connectivity index (χ2n) is 7.12. The van der Waals surface area contributed by atoms with Crippen LogP contribution < -0.4 is 0 Å². The van der Waals surface area contributed by atoms with Crippen LogP contribution in [0.2, 0.25) is 0 Å². The molecule has 158 valence electrons. The summed E-state index contributed by atoms with van der Waals surface area (Å²) in [6.45, 7) is 0.342. The van der Waals surface area contributed by atoms with Gasteiger partial charge < -0.3 is 9.84 Å². The van der Waals surface area contributed by atoms with E-state index in [1.54, 1.807) is 18.2 Å². The monoisotopic (exact) mass is 426 g/mol. The number of hydrogen-bond acceptors (Lipinski definition) is 5. The molecule has 3 rings (SSSR count). The summed E-state index contributed by atoms with van der Waals surface area (Å²) in [5.74, 6) is 0. The Morgan fingerprint density at radius 1 is 0.800 bits per heavy atom. The Labute approximate surface area is 178 Å². The number of benzene rings is 3. The summed E-state index contributed by atoms with van der Waals surface area (Å²) in [6.07, 6.45) is 0.407. The van der Waals surface area contributed by atoms with Crippen molar-refractivity contribution in [3.63, 3.8) is 0 Å². The van der Waals surface area contributed by atoms with Crippen molar-refractivity contribution in [1.82, 2.24) is 0 Å². The number of aliphatic hydroxyl groups excluding tert-OH is 1. The molecule has 3 aromatic carbocycles. The third-order valence-corrected chi connectivity index (χ3v) is 6.33. The molecule has 0 aliphatic heterocycles. The van der Waals surface area contributed by atoms with Crippen LogP contribution in [0.3, 0.4) is 0 Å². The summed E-state index contributed by atoms with van der Waals surface area (Å²) < 4.78 is 36.4. The Morgan fingerprint density at radius 2 is 1.37 bits per heavy atom. The molecule has 0 heterocycles. The second-order valence-corrected chi connectivity index (χ2v) is 8.74. The topological polar surface area (TPSA) is 72.8 Å². The van der Waals surface area contributed by atoms with E-state index in [1.165, 1.54) is 12.1 Å². The van der Waals surface area contributed by atoms with Crippen molar-refractivity contribution < 1.29 is 22.4 Å². The number of aliphatic hydroxyl groups is 1. The zero-order chi connectivity index (χ0) is 21.3. The first-order valence-electron chi connectivity index (χ1n) is 9.78. The maximum absolute atomic E-state index is 12.6. The molecule has 0 aliphatic rings. The van der Waals surface area contributed by atoms with Gasteiger partial charge in [0.05, 0.1) is 24.7 Å². The first-order chi connectivity index (χ1) is 14.6. The zero-order valence-corrected chi connectivity index (χ0v) is 17.5. The van der Waals surface area contributed by atoms with Gasteiger partial charge in [-0.2, -0.15) is 8.42 Å². The molecule has 0 amide bonds. The molecule has 0 spiro atoms. The van der Waals surface area contributed by atoms with Gasteiger partial charge in [-0.15, -0.1) is 0 Å². The molecular weight excluding hydrogens is 400 g/mol. The van der Waals surface area contributed by atoms with Crippen LogP contribution in [-0.2, 0) is 31.1 Å². The molecule has 0 fully saturated rings. The van der Waals surface area contributed by atoms with Gasteiger partial charge >= 0.3 is 0 Å². The molecule has 3 aromatic rings. The number of ether oxygens (including phenoxy) is 1. The maximum Gasteiger partial charge on any atom is 0.297 e. The molecule has 0 radical (unpaired) electrons. The smallest absolute Gasteiger partial charge is 0.297 e. The molecule has 0 bridgehead atoms. The molecule has 30 heavy (non-hydrogen) atoms. The van der Waals surface area contributed by atoms with E-state index in [0.717, 1.165) is 11.1 Å². The van der Waals surface area contributed by atoms with Crippen LogP contribution in [0.1, 0.15) is 17.5 Å². The highest BCUT2D eigenvalue weighted by Crippen LogP contribution is 2.30. The highest BCUT2D eigenvalue weighted by molar-refractivity contribution is 7.86. The average molecular weight is 427 g/mol. The Morgan fingerprint density at radius 3 is 1.97 bits per heavy atom. The molecular formula is C24H26O5S. The van der Waals surface area contributed by atoms with Crippen molar-refractivity contribution >= 4 is 10.1 Å². The molecule has 0 saturated carbocycles. The lowest BCUT2D eigenvalue weighted by Gasteiger charge is -2.32. The average Bonchev–Trinajstić information content (AvgIpc) is 2.81. The summed E-state index contributed by atoms with van der Waals surface area (Å²) in [6, 6.07) is 27.1. The third kappa shape index (κ3) is 5.77. The first kappa shape index (κ1) is 22.2. The molecule has 1 N–H and O–H groups in total. The first-order valence-corrected chi connectivity index (χ1v) is 11.2. The highest BCUT2D eigenvalue weighted by atomic mass is 32.2. The predicted molar refractivity (Wildman–Crippen MR) is 116 cm³/mol. The van der Waals surface area contributed by atoms with Gasteiger partial charge in [-0.25, -0.2) is 0 Å². The van der Waals surface area contributed by atoms with Crippen LogP contribution in [-0.4, -0.2) is 33.3 Å². The summed E-state index contributed by atoms with van der Waals surface area (Å²) in [7, 11) is -3.94. The number of hydrogen-bond donors (Lipinski definition) is 1. The normalized spacial score (nSPS) is 13.6.